The third kappa shape index (κ3) is 2.46. The lowest BCUT2D eigenvalue weighted by molar-refractivity contribution is 1.05. The first-order valence-electron chi connectivity index (χ1n) is 5.97. The average molecular weight is 270 g/mol. The molecule has 0 spiro atoms. The Bertz CT molecular complexity index is 658. The van der Waals surface area contributed by atoms with Crippen LogP contribution in [0.2, 0.25) is 0 Å². The second kappa shape index (κ2) is 5.16. The summed E-state index contributed by atoms with van der Waals surface area (Å²) in [7, 11) is 0. The average Bonchev–Trinajstić information content (AvgIpc) is 3.08. The van der Waals surface area contributed by atoms with Crippen molar-refractivity contribution in [1.82, 2.24) is 9.55 Å². The van der Waals surface area contributed by atoms with Gasteiger partial charge >= 0.3 is 0 Å². The van der Waals surface area contributed by atoms with Gasteiger partial charge in [-0.1, -0.05) is 12.1 Å². The fourth-order valence-electron chi connectivity index (χ4n) is 1.92. The summed E-state index contributed by atoms with van der Waals surface area (Å²) in [6.45, 7) is 0.731. The van der Waals surface area contributed by atoms with Crippen molar-refractivity contribution in [1.29, 1.82) is 0 Å². The normalized spacial score (nSPS) is 10.5. The fourth-order valence-corrected chi connectivity index (χ4v) is 2.66. The molecule has 96 valence electrons. The third-order valence-electron chi connectivity index (χ3n) is 2.91. The summed E-state index contributed by atoms with van der Waals surface area (Å²) in [4.78, 5) is 5.23. The maximum absolute atomic E-state index is 5.89. The van der Waals surface area contributed by atoms with Gasteiger partial charge < -0.3 is 15.6 Å². The topological polar surface area (TPSA) is 55.9 Å². The van der Waals surface area contributed by atoms with E-state index in [1.807, 2.05) is 34.3 Å². The number of nitrogens with one attached hydrogen (secondary N) is 1. The molecule has 0 aliphatic carbocycles. The molecule has 0 unspecified atom stereocenters. The molecule has 0 radical (unpaired) electrons. The monoisotopic (exact) mass is 270 g/mol. The minimum absolute atomic E-state index is 0.731. The van der Waals surface area contributed by atoms with E-state index in [9.17, 15) is 0 Å². The summed E-state index contributed by atoms with van der Waals surface area (Å²) in [6.07, 6.45) is 5.49. The second-order valence-electron chi connectivity index (χ2n) is 4.14. The van der Waals surface area contributed by atoms with E-state index < -0.39 is 0 Å². The Kier molecular flexibility index (Phi) is 3.20. The van der Waals surface area contributed by atoms with Gasteiger partial charge in [-0.05, 0) is 23.6 Å². The first kappa shape index (κ1) is 11.8. The molecule has 2 heterocycles. The van der Waals surface area contributed by atoms with Gasteiger partial charge in [0, 0.05) is 23.0 Å². The largest absolute Gasteiger partial charge is 0.398 e. The van der Waals surface area contributed by atoms with Crippen LogP contribution in [0.4, 0.5) is 11.4 Å². The molecule has 0 aliphatic heterocycles. The molecule has 0 aliphatic rings. The van der Waals surface area contributed by atoms with Crippen molar-refractivity contribution in [2.45, 2.75) is 6.54 Å². The van der Waals surface area contributed by atoms with E-state index in [2.05, 4.69) is 22.4 Å². The Hall–Kier alpha value is -2.27. The predicted octanol–water partition coefficient (Wildman–Crippen LogP) is 3.13. The van der Waals surface area contributed by atoms with Gasteiger partial charge in [-0.3, -0.25) is 0 Å². The molecule has 0 bridgehead atoms. The molecule has 5 heteroatoms. The van der Waals surface area contributed by atoms with Crippen molar-refractivity contribution in [3.63, 3.8) is 0 Å². The molecular weight excluding hydrogens is 256 g/mol. The summed E-state index contributed by atoms with van der Waals surface area (Å²) in [5, 5.41) is 5.43. The number of imidazole rings is 1. The van der Waals surface area contributed by atoms with Gasteiger partial charge in [0.2, 0.25) is 0 Å². The number of nitrogens with two attached hydrogens (primary N) is 1. The number of benzene rings is 1. The Labute approximate surface area is 115 Å². The molecule has 1 aromatic carbocycles. The number of hydrogen-bond donors (Lipinski definition) is 2. The number of nitrogens with zero attached hydrogens (tertiary/aromatic N) is 2. The number of anilines is 2. The number of nitrogen functional groups attached to an aromatic ring is 1. The van der Waals surface area contributed by atoms with E-state index in [0.29, 0.717) is 0 Å². The molecule has 0 fully saturated rings. The number of hydrogen-bond acceptors (Lipinski definition) is 4. The molecule has 3 N–H and O–H groups in total. The first-order valence-corrected chi connectivity index (χ1v) is 6.85. The molecule has 19 heavy (non-hydrogen) atoms. The Morgan fingerprint density at radius 1 is 1.26 bits per heavy atom. The Balaban J connectivity index is 1.84. The first-order chi connectivity index (χ1) is 9.34. The molecule has 0 amide bonds. The SMILES string of the molecule is Nc1ccsc1CNc1ccccc1-n1ccnc1. The van der Waals surface area contributed by atoms with E-state index in [0.717, 1.165) is 28.5 Å². The van der Waals surface area contributed by atoms with Crippen LogP contribution in [0.15, 0.2) is 54.4 Å². The highest BCUT2D eigenvalue weighted by Crippen LogP contribution is 2.23. The maximum atomic E-state index is 5.89. The van der Waals surface area contributed by atoms with Crippen LogP contribution in [-0.2, 0) is 6.54 Å². The summed E-state index contributed by atoms with van der Waals surface area (Å²) < 4.78 is 1.99. The van der Waals surface area contributed by atoms with Gasteiger partial charge in [0.25, 0.3) is 0 Å². The molecule has 3 rings (SSSR count). The molecule has 0 atom stereocenters. The molecule has 0 saturated heterocycles. The molecule has 3 aromatic rings. The van der Waals surface area contributed by atoms with Crippen molar-refractivity contribution in [2.75, 3.05) is 11.1 Å². The molecule has 0 saturated carbocycles. The van der Waals surface area contributed by atoms with E-state index in [1.165, 1.54) is 0 Å². The smallest absolute Gasteiger partial charge is 0.0992 e. The van der Waals surface area contributed by atoms with E-state index in [1.54, 1.807) is 23.9 Å². The van der Waals surface area contributed by atoms with Crippen LogP contribution in [0.1, 0.15) is 4.88 Å². The Morgan fingerprint density at radius 2 is 2.16 bits per heavy atom. The van der Waals surface area contributed by atoms with Gasteiger partial charge in [-0.25, -0.2) is 4.98 Å². The quantitative estimate of drug-likeness (QED) is 0.766. The van der Waals surface area contributed by atoms with Crippen molar-refractivity contribution in [2.24, 2.45) is 0 Å². The van der Waals surface area contributed by atoms with Gasteiger partial charge in [0.15, 0.2) is 0 Å². The highest BCUT2D eigenvalue weighted by atomic mass is 32.1. The third-order valence-corrected chi connectivity index (χ3v) is 3.84. The highest BCUT2D eigenvalue weighted by Gasteiger charge is 2.05. The zero-order valence-electron chi connectivity index (χ0n) is 10.3. The lowest BCUT2D eigenvalue weighted by Gasteiger charge is -2.12. The Morgan fingerprint density at radius 3 is 2.89 bits per heavy atom. The van der Waals surface area contributed by atoms with E-state index in [4.69, 9.17) is 5.73 Å². The summed E-state index contributed by atoms with van der Waals surface area (Å²) in [5.74, 6) is 0. The van der Waals surface area contributed by atoms with E-state index in [-0.39, 0.29) is 0 Å². The zero-order chi connectivity index (χ0) is 13.1. The van der Waals surface area contributed by atoms with Gasteiger partial charge in [-0.15, -0.1) is 11.3 Å². The number of thiophene rings is 1. The van der Waals surface area contributed by atoms with E-state index >= 15 is 0 Å². The van der Waals surface area contributed by atoms with Crippen molar-refractivity contribution in [3.8, 4) is 5.69 Å². The zero-order valence-corrected chi connectivity index (χ0v) is 11.1. The predicted molar refractivity (Wildman–Crippen MR) is 79.6 cm³/mol. The number of rotatable bonds is 4. The van der Waals surface area contributed by atoms with Crippen molar-refractivity contribution in [3.05, 3.63) is 59.3 Å². The summed E-state index contributed by atoms with van der Waals surface area (Å²) in [5.41, 5.74) is 8.88. The molecular formula is C14H14N4S. The van der Waals surface area contributed by atoms with Crippen LogP contribution in [0.25, 0.3) is 5.69 Å². The van der Waals surface area contributed by atoms with Gasteiger partial charge in [0.1, 0.15) is 0 Å². The van der Waals surface area contributed by atoms with Crippen LogP contribution < -0.4 is 11.1 Å². The van der Waals surface area contributed by atoms with Gasteiger partial charge in [-0.2, -0.15) is 0 Å². The molecule has 2 aromatic heterocycles. The maximum Gasteiger partial charge on any atom is 0.0992 e. The second-order valence-corrected chi connectivity index (χ2v) is 5.14. The number of aromatic nitrogens is 2. The fraction of sp³-hybridized carbons (Fsp3) is 0.0714. The van der Waals surface area contributed by atoms with Crippen LogP contribution in [0.3, 0.4) is 0 Å². The van der Waals surface area contributed by atoms with Crippen LogP contribution >= 0.6 is 11.3 Å². The summed E-state index contributed by atoms with van der Waals surface area (Å²) >= 11 is 1.67. The highest BCUT2D eigenvalue weighted by molar-refractivity contribution is 7.10. The minimum atomic E-state index is 0.731. The summed E-state index contributed by atoms with van der Waals surface area (Å²) in [6, 6.07) is 10.1. The van der Waals surface area contributed by atoms with Gasteiger partial charge in [0.05, 0.1) is 24.2 Å². The lowest BCUT2D eigenvalue weighted by atomic mass is 10.2. The number of para-hydroxylation sites is 2. The standard InChI is InChI=1S/C14H14N4S/c15-11-5-8-19-14(11)9-17-12-3-1-2-4-13(12)18-7-6-16-10-18/h1-8,10,17H,9,15H2. The lowest BCUT2D eigenvalue weighted by Crippen LogP contribution is -2.03. The van der Waals surface area contributed by atoms with Crippen LogP contribution in [0.5, 0.6) is 0 Å². The minimum Gasteiger partial charge on any atom is -0.398 e. The van der Waals surface area contributed by atoms with Crippen LogP contribution in [0, 0.1) is 0 Å². The van der Waals surface area contributed by atoms with Crippen LogP contribution in [-0.4, -0.2) is 9.55 Å². The molecule has 4 nitrogen and oxygen atoms in total. The van der Waals surface area contributed by atoms with Crippen molar-refractivity contribution >= 4 is 22.7 Å². The van der Waals surface area contributed by atoms with Crippen molar-refractivity contribution < 1.29 is 0 Å².